The molecular weight excluding hydrogens is 217 g/mol. The van der Waals surface area contributed by atoms with Gasteiger partial charge in [0.2, 0.25) is 0 Å². The summed E-state index contributed by atoms with van der Waals surface area (Å²) < 4.78 is 21.0. The standard InChI is InChI=1S/C14H16FNO/c15-12-4-5-14-11(9-12)6-7-16(14)10-13-3-1-2-8-17-13/h4-7,9,13H,1-3,8,10H2. The van der Waals surface area contributed by atoms with Crippen LogP contribution in [-0.4, -0.2) is 17.3 Å². The zero-order valence-corrected chi connectivity index (χ0v) is 9.73. The van der Waals surface area contributed by atoms with Crippen LogP contribution in [0.4, 0.5) is 4.39 Å². The van der Waals surface area contributed by atoms with Gasteiger partial charge >= 0.3 is 0 Å². The van der Waals surface area contributed by atoms with Gasteiger partial charge in [0.1, 0.15) is 5.82 Å². The van der Waals surface area contributed by atoms with Gasteiger partial charge in [0.05, 0.1) is 6.10 Å². The van der Waals surface area contributed by atoms with E-state index >= 15 is 0 Å². The van der Waals surface area contributed by atoms with Crippen molar-refractivity contribution in [1.29, 1.82) is 0 Å². The van der Waals surface area contributed by atoms with Crippen molar-refractivity contribution in [1.82, 2.24) is 4.57 Å². The average Bonchev–Trinajstić information content (AvgIpc) is 2.73. The van der Waals surface area contributed by atoms with Crippen LogP contribution in [0.2, 0.25) is 0 Å². The van der Waals surface area contributed by atoms with Gasteiger partial charge in [0.25, 0.3) is 0 Å². The lowest BCUT2D eigenvalue weighted by Crippen LogP contribution is -2.24. The molecule has 1 aromatic heterocycles. The summed E-state index contributed by atoms with van der Waals surface area (Å²) in [6.07, 6.45) is 5.87. The van der Waals surface area contributed by atoms with E-state index in [1.165, 1.54) is 18.9 Å². The number of rotatable bonds is 2. The Morgan fingerprint density at radius 3 is 3.06 bits per heavy atom. The molecule has 0 amide bonds. The number of halogens is 1. The highest BCUT2D eigenvalue weighted by Crippen LogP contribution is 2.20. The topological polar surface area (TPSA) is 14.2 Å². The SMILES string of the molecule is Fc1ccc2c(ccn2CC2CCCCO2)c1. The number of ether oxygens (including phenoxy) is 1. The quantitative estimate of drug-likeness (QED) is 0.776. The van der Waals surface area contributed by atoms with E-state index in [0.29, 0.717) is 6.10 Å². The van der Waals surface area contributed by atoms with Gasteiger partial charge in [-0.25, -0.2) is 4.39 Å². The lowest BCUT2D eigenvalue weighted by Gasteiger charge is -2.23. The Morgan fingerprint density at radius 1 is 1.29 bits per heavy atom. The molecule has 0 bridgehead atoms. The van der Waals surface area contributed by atoms with Gasteiger partial charge < -0.3 is 9.30 Å². The van der Waals surface area contributed by atoms with Crippen LogP contribution in [-0.2, 0) is 11.3 Å². The van der Waals surface area contributed by atoms with Crippen LogP contribution in [0, 0.1) is 5.82 Å². The largest absolute Gasteiger partial charge is 0.376 e. The Hall–Kier alpha value is -1.35. The fraction of sp³-hybridized carbons (Fsp3) is 0.429. The van der Waals surface area contributed by atoms with Crippen LogP contribution in [0.3, 0.4) is 0 Å². The fourth-order valence-corrected chi connectivity index (χ4v) is 2.50. The summed E-state index contributed by atoms with van der Waals surface area (Å²) in [5.74, 6) is -0.177. The first-order valence-corrected chi connectivity index (χ1v) is 6.19. The first-order valence-electron chi connectivity index (χ1n) is 6.19. The van der Waals surface area contributed by atoms with E-state index in [-0.39, 0.29) is 5.82 Å². The Balaban J connectivity index is 1.84. The van der Waals surface area contributed by atoms with Crippen molar-refractivity contribution in [2.75, 3.05) is 6.61 Å². The molecule has 1 aliphatic rings. The summed E-state index contributed by atoms with van der Waals surface area (Å²) >= 11 is 0. The van der Waals surface area contributed by atoms with Crippen molar-refractivity contribution in [3.05, 3.63) is 36.3 Å². The smallest absolute Gasteiger partial charge is 0.123 e. The molecule has 1 aromatic carbocycles. The van der Waals surface area contributed by atoms with Crippen molar-refractivity contribution in [3.63, 3.8) is 0 Å². The second-order valence-corrected chi connectivity index (χ2v) is 4.66. The van der Waals surface area contributed by atoms with Crippen molar-refractivity contribution in [2.24, 2.45) is 0 Å². The molecule has 1 saturated heterocycles. The number of fused-ring (bicyclic) bond motifs is 1. The molecule has 2 aromatic rings. The minimum absolute atomic E-state index is 0.177. The molecular formula is C14H16FNO. The maximum atomic E-state index is 13.1. The van der Waals surface area contributed by atoms with Crippen LogP contribution in [0.25, 0.3) is 10.9 Å². The molecule has 0 radical (unpaired) electrons. The van der Waals surface area contributed by atoms with Gasteiger partial charge in [0, 0.05) is 30.3 Å². The Labute approximate surface area is 100.0 Å². The van der Waals surface area contributed by atoms with E-state index in [1.54, 1.807) is 6.07 Å². The van der Waals surface area contributed by atoms with Gasteiger partial charge in [-0.1, -0.05) is 0 Å². The molecule has 1 unspecified atom stereocenters. The van der Waals surface area contributed by atoms with Crippen LogP contribution in [0.15, 0.2) is 30.5 Å². The summed E-state index contributed by atoms with van der Waals surface area (Å²) in [7, 11) is 0. The highest BCUT2D eigenvalue weighted by molar-refractivity contribution is 5.80. The van der Waals surface area contributed by atoms with Gasteiger partial charge in [-0.05, 0) is 43.5 Å². The maximum absolute atomic E-state index is 13.1. The van der Waals surface area contributed by atoms with E-state index in [2.05, 4.69) is 4.57 Å². The minimum atomic E-state index is -0.177. The molecule has 0 spiro atoms. The second-order valence-electron chi connectivity index (χ2n) is 4.66. The predicted octanol–water partition coefficient (Wildman–Crippen LogP) is 3.35. The Morgan fingerprint density at radius 2 is 2.24 bits per heavy atom. The summed E-state index contributed by atoms with van der Waals surface area (Å²) in [6, 6.07) is 6.89. The normalized spacial score (nSPS) is 20.9. The molecule has 90 valence electrons. The monoisotopic (exact) mass is 233 g/mol. The van der Waals surface area contributed by atoms with Gasteiger partial charge in [0.15, 0.2) is 0 Å². The third-order valence-corrected chi connectivity index (χ3v) is 3.41. The highest BCUT2D eigenvalue weighted by Gasteiger charge is 2.15. The molecule has 0 N–H and O–H groups in total. The maximum Gasteiger partial charge on any atom is 0.123 e. The first kappa shape index (κ1) is 10.8. The summed E-state index contributed by atoms with van der Waals surface area (Å²) in [5.41, 5.74) is 1.08. The van der Waals surface area contributed by atoms with Crippen LogP contribution < -0.4 is 0 Å². The predicted molar refractivity (Wildman–Crippen MR) is 65.5 cm³/mol. The molecule has 0 saturated carbocycles. The van der Waals surface area contributed by atoms with E-state index < -0.39 is 0 Å². The molecule has 3 heteroatoms. The second kappa shape index (κ2) is 4.49. The molecule has 1 aliphatic heterocycles. The zero-order chi connectivity index (χ0) is 11.7. The molecule has 2 nitrogen and oxygen atoms in total. The van der Waals surface area contributed by atoms with E-state index in [0.717, 1.165) is 30.5 Å². The number of benzene rings is 1. The summed E-state index contributed by atoms with van der Waals surface area (Å²) in [4.78, 5) is 0. The van der Waals surface area contributed by atoms with E-state index in [1.807, 2.05) is 18.3 Å². The molecule has 3 rings (SSSR count). The van der Waals surface area contributed by atoms with Gasteiger partial charge in [-0.3, -0.25) is 0 Å². The average molecular weight is 233 g/mol. The number of hydrogen-bond acceptors (Lipinski definition) is 1. The lowest BCUT2D eigenvalue weighted by atomic mass is 10.1. The van der Waals surface area contributed by atoms with Gasteiger partial charge in [-0.2, -0.15) is 0 Å². The summed E-state index contributed by atoms with van der Waals surface area (Å²) in [6.45, 7) is 1.74. The fourth-order valence-electron chi connectivity index (χ4n) is 2.50. The zero-order valence-electron chi connectivity index (χ0n) is 9.73. The number of nitrogens with zero attached hydrogens (tertiary/aromatic N) is 1. The Bertz CT molecular complexity index is 514. The van der Waals surface area contributed by atoms with Crippen molar-refractivity contribution in [2.45, 2.75) is 31.9 Å². The van der Waals surface area contributed by atoms with Crippen LogP contribution in [0.1, 0.15) is 19.3 Å². The molecule has 0 aliphatic carbocycles. The molecule has 17 heavy (non-hydrogen) atoms. The number of aromatic nitrogens is 1. The van der Waals surface area contributed by atoms with E-state index in [9.17, 15) is 4.39 Å². The summed E-state index contributed by atoms with van der Waals surface area (Å²) in [5, 5.41) is 0.959. The molecule has 1 fully saturated rings. The highest BCUT2D eigenvalue weighted by atomic mass is 19.1. The Kier molecular flexibility index (Phi) is 2.85. The number of hydrogen-bond donors (Lipinski definition) is 0. The van der Waals surface area contributed by atoms with Crippen LogP contribution >= 0.6 is 0 Å². The third kappa shape index (κ3) is 2.20. The molecule has 1 atom stereocenters. The third-order valence-electron chi connectivity index (χ3n) is 3.41. The van der Waals surface area contributed by atoms with Crippen molar-refractivity contribution >= 4 is 10.9 Å². The lowest BCUT2D eigenvalue weighted by molar-refractivity contribution is 0.00670. The minimum Gasteiger partial charge on any atom is -0.376 e. The van der Waals surface area contributed by atoms with Gasteiger partial charge in [-0.15, -0.1) is 0 Å². The first-order chi connectivity index (χ1) is 8.33. The molecule has 2 heterocycles. The van der Waals surface area contributed by atoms with Crippen molar-refractivity contribution < 1.29 is 9.13 Å². The van der Waals surface area contributed by atoms with Crippen LogP contribution in [0.5, 0.6) is 0 Å². The van der Waals surface area contributed by atoms with Crippen molar-refractivity contribution in [3.8, 4) is 0 Å². The van der Waals surface area contributed by atoms with E-state index in [4.69, 9.17) is 4.74 Å².